The second-order valence-electron chi connectivity index (χ2n) is 6.85. The Bertz CT molecular complexity index is 643. The first-order chi connectivity index (χ1) is 11.2. The fraction of sp³-hybridized carbons (Fsp3) is 0.611. The number of hydrogen-bond acceptors (Lipinski definition) is 4. The summed E-state index contributed by atoms with van der Waals surface area (Å²) in [4.78, 5) is 23.2. The fourth-order valence-corrected chi connectivity index (χ4v) is 4.03. The van der Waals surface area contributed by atoms with Gasteiger partial charge in [-0.1, -0.05) is 6.08 Å². The molecule has 0 N–H and O–H groups in total. The minimum atomic E-state index is 0.0486. The highest BCUT2D eigenvalue weighted by Crippen LogP contribution is 2.40. The van der Waals surface area contributed by atoms with E-state index >= 15 is 0 Å². The fourth-order valence-electron chi connectivity index (χ4n) is 4.03. The van der Waals surface area contributed by atoms with Crippen molar-refractivity contribution in [3.05, 3.63) is 35.4 Å². The van der Waals surface area contributed by atoms with Gasteiger partial charge >= 0.3 is 0 Å². The normalized spacial score (nSPS) is 30.2. The topological polar surface area (TPSA) is 55.3 Å². The number of carbonyl (C=O) groups excluding carboxylic acids is 1. The summed E-state index contributed by atoms with van der Waals surface area (Å²) in [5.74, 6) is 1.55. The van der Waals surface area contributed by atoms with Crippen LogP contribution in [0.2, 0.25) is 0 Å². The molecule has 5 heteroatoms. The van der Waals surface area contributed by atoms with Crippen LogP contribution >= 0.6 is 0 Å². The summed E-state index contributed by atoms with van der Waals surface area (Å²) >= 11 is 0. The number of piperidine rings is 1. The molecule has 0 aromatic carbocycles. The zero-order valence-corrected chi connectivity index (χ0v) is 13.6. The van der Waals surface area contributed by atoms with Gasteiger partial charge in [0.2, 0.25) is 5.91 Å². The van der Waals surface area contributed by atoms with Crippen molar-refractivity contribution in [3.8, 4) is 0 Å². The first-order valence-corrected chi connectivity index (χ1v) is 8.64. The summed E-state index contributed by atoms with van der Waals surface area (Å²) in [5.41, 5.74) is 1.98. The number of likely N-dealkylation sites (tertiary alicyclic amines) is 1. The monoisotopic (exact) mass is 313 g/mol. The number of carbonyl (C=O) groups is 1. The third-order valence-corrected chi connectivity index (χ3v) is 5.28. The zero-order valence-electron chi connectivity index (χ0n) is 13.6. The zero-order chi connectivity index (χ0) is 15.8. The van der Waals surface area contributed by atoms with E-state index in [-0.39, 0.29) is 18.1 Å². The molecule has 122 valence electrons. The molecule has 0 unspecified atom stereocenters. The molecule has 3 atom stereocenters. The Kier molecular flexibility index (Phi) is 3.89. The molecule has 2 aliphatic heterocycles. The minimum absolute atomic E-state index is 0.0486. The molecular formula is C18H23N3O2. The number of allylic oxidation sites excluding steroid dienone is 1. The standard InChI is InChI=1S/C18H23N3O2/c1-12-19-8-6-15(20-12)16-10-14-7-9-21(11-17(14)23-16)18(22)13-4-2-3-5-13/h4,6,8,14,16-17H,2-3,5,7,9-11H2,1H3/t14-,16+,17+/m0/s1. The van der Waals surface area contributed by atoms with Crippen molar-refractivity contribution in [2.45, 2.75) is 51.2 Å². The lowest BCUT2D eigenvalue weighted by molar-refractivity contribution is -0.131. The molecular weight excluding hydrogens is 290 g/mol. The Morgan fingerprint density at radius 1 is 1.43 bits per heavy atom. The van der Waals surface area contributed by atoms with E-state index in [0.717, 1.165) is 62.3 Å². The van der Waals surface area contributed by atoms with Crippen LogP contribution in [-0.4, -0.2) is 40.0 Å². The lowest BCUT2D eigenvalue weighted by Gasteiger charge is -2.34. The van der Waals surface area contributed by atoms with E-state index in [0.29, 0.717) is 5.92 Å². The average Bonchev–Trinajstić information content (AvgIpc) is 3.23. The van der Waals surface area contributed by atoms with Gasteiger partial charge in [0.1, 0.15) is 11.9 Å². The van der Waals surface area contributed by atoms with Crippen molar-refractivity contribution in [1.82, 2.24) is 14.9 Å². The summed E-state index contributed by atoms with van der Waals surface area (Å²) in [6.45, 7) is 3.48. The molecule has 1 amide bonds. The van der Waals surface area contributed by atoms with E-state index in [1.165, 1.54) is 0 Å². The van der Waals surface area contributed by atoms with Crippen molar-refractivity contribution in [2.24, 2.45) is 5.92 Å². The molecule has 0 radical (unpaired) electrons. The summed E-state index contributed by atoms with van der Waals surface area (Å²) < 4.78 is 6.25. The highest BCUT2D eigenvalue weighted by molar-refractivity contribution is 5.93. The number of amides is 1. The summed E-state index contributed by atoms with van der Waals surface area (Å²) in [7, 11) is 0. The molecule has 23 heavy (non-hydrogen) atoms. The summed E-state index contributed by atoms with van der Waals surface area (Å²) in [5, 5.41) is 0. The number of rotatable bonds is 2. The van der Waals surface area contributed by atoms with Crippen molar-refractivity contribution in [3.63, 3.8) is 0 Å². The SMILES string of the molecule is Cc1nccc([C@H]2C[C@@H]3CCN(C(=O)C4=CCCC4)C[C@H]3O2)n1. The summed E-state index contributed by atoms with van der Waals surface area (Å²) in [6, 6.07) is 1.95. The van der Waals surface area contributed by atoms with Gasteiger partial charge in [0.15, 0.2) is 0 Å². The van der Waals surface area contributed by atoms with E-state index in [4.69, 9.17) is 4.74 Å². The van der Waals surface area contributed by atoms with E-state index in [9.17, 15) is 4.79 Å². The van der Waals surface area contributed by atoms with Gasteiger partial charge in [-0.3, -0.25) is 4.79 Å². The smallest absolute Gasteiger partial charge is 0.249 e. The third-order valence-electron chi connectivity index (χ3n) is 5.28. The molecule has 1 aromatic heterocycles. The van der Waals surface area contributed by atoms with Crippen molar-refractivity contribution < 1.29 is 9.53 Å². The second kappa shape index (κ2) is 6.04. The molecule has 0 spiro atoms. The number of fused-ring (bicyclic) bond motifs is 1. The maximum Gasteiger partial charge on any atom is 0.249 e. The Balaban J connectivity index is 1.43. The van der Waals surface area contributed by atoms with Gasteiger partial charge in [-0.15, -0.1) is 0 Å². The number of aryl methyl sites for hydroxylation is 1. The Hall–Kier alpha value is -1.75. The first kappa shape index (κ1) is 14.8. The van der Waals surface area contributed by atoms with Crippen molar-refractivity contribution in [1.29, 1.82) is 0 Å². The number of nitrogens with zero attached hydrogens (tertiary/aromatic N) is 3. The van der Waals surface area contributed by atoms with E-state index in [1.54, 1.807) is 6.20 Å². The first-order valence-electron chi connectivity index (χ1n) is 8.64. The van der Waals surface area contributed by atoms with Gasteiger partial charge in [-0.05, 0) is 51.0 Å². The Morgan fingerprint density at radius 2 is 2.35 bits per heavy atom. The average molecular weight is 313 g/mol. The van der Waals surface area contributed by atoms with Crippen LogP contribution in [0.1, 0.15) is 49.7 Å². The Morgan fingerprint density at radius 3 is 3.13 bits per heavy atom. The lowest BCUT2D eigenvalue weighted by atomic mass is 9.91. The summed E-state index contributed by atoms with van der Waals surface area (Å²) in [6.07, 6.45) is 9.24. The number of hydrogen-bond donors (Lipinski definition) is 0. The van der Waals surface area contributed by atoms with Crippen molar-refractivity contribution in [2.75, 3.05) is 13.1 Å². The predicted octanol–water partition coefficient (Wildman–Crippen LogP) is 2.57. The molecule has 5 nitrogen and oxygen atoms in total. The van der Waals surface area contributed by atoms with Crippen LogP contribution < -0.4 is 0 Å². The molecule has 2 saturated heterocycles. The van der Waals surface area contributed by atoms with Crippen LogP contribution in [0.5, 0.6) is 0 Å². The second-order valence-corrected chi connectivity index (χ2v) is 6.85. The molecule has 0 bridgehead atoms. The van der Waals surface area contributed by atoms with Gasteiger partial charge in [0.25, 0.3) is 0 Å². The lowest BCUT2D eigenvalue weighted by Crippen LogP contribution is -2.45. The highest BCUT2D eigenvalue weighted by Gasteiger charge is 2.41. The van der Waals surface area contributed by atoms with Crippen LogP contribution in [0.25, 0.3) is 0 Å². The number of ether oxygens (including phenoxy) is 1. The largest absolute Gasteiger partial charge is 0.367 e. The maximum absolute atomic E-state index is 12.6. The van der Waals surface area contributed by atoms with E-state index in [1.807, 2.05) is 17.9 Å². The minimum Gasteiger partial charge on any atom is -0.367 e. The van der Waals surface area contributed by atoms with Gasteiger partial charge in [-0.25, -0.2) is 9.97 Å². The number of aromatic nitrogens is 2. The van der Waals surface area contributed by atoms with E-state index in [2.05, 4.69) is 16.0 Å². The van der Waals surface area contributed by atoms with Crippen LogP contribution in [0.4, 0.5) is 0 Å². The van der Waals surface area contributed by atoms with Crippen LogP contribution in [-0.2, 0) is 9.53 Å². The molecule has 1 aliphatic carbocycles. The maximum atomic E-state index is 12.6. The van der Waals surface area contributed by atoms with Crippen molar-refractivity contribution >= 4 is 5.91 Å². The third kappa shape index (κ3) is 2.90. The quantitative estimate of drug-likeness (QED) is 0.842. The van der Waals surface area contributed by atoms with E-state index < -0.39 is 0 Å². The van der Waals surface area contributed by atoms with Gasteiger partial charge in [0, 0.05) is 24.9 Å². The molecule has 0 saturated carbocycles. The predicted molar refractivity (Wildman–Crippen MR) is 85.6 cm³/mol. The molecule has 3 heterocycles. The van der Waals surface area contributed by atoms with Crippen LogP contribution in [0.3, 0.4) is 0 Å². The van der Waals surface area contributed by atoms with Gasteiger partial charge in [-0.2, -0.15) is 0 Å². The molecule has 4 rings (SSSR count). The van der Waals surface area contributed by atoms with Crippen LogP contribution in [0, 0.1) is 12.8 Å². The van der Waals surface area contributed by atoms with Gasteiger partial charge in [0.05, 0.1) is 11.8 Å². The van der Waals surface area contributed by atoms with Gasteiger partial charge < -0.3 is 9.64 Å². The van der Waals surface area contributed by atoms with Crippen LogP contribution in [0.15, 0.2) is 23.9 Å². The highest BCUT2D eigenvalue weighted by atomic mass is 16.5. The molecule has 2 fully saturated rings. The Labute approximate surface area is 136 Å². The molecule has 1 aromatic rings. The molecule has 3 aliphatic rings.